The number of benzene rings is 1. The maximum absolute atomic E-state index is 12.8. The van der Waals surface area contributed by atoms with Crippen LogP contribution in [-0.2, 0) is 31.4 Å². The van der Waals surface area contributed by atoms with E-state index in [1.54, 1.807) is 4.68 Å². The van der Waals surface area contributed by atoms with Gasteiger partial charge in [-0.2, -0.15) is 5.10 Å². The van der Waals surface area contributed by atoms with Crippen molar-refractivity contribution in [2.24, 2.45) is 13.0 Å². The number of hydrogen-bond donors (Lipinski definition) is 1. The van der Waals surface area contributed by atoms with Crippen molar-refractivity contribution in [1.82, 2.24) is 20.0 Å². The lowest BCUT2D eigenvalue weighted by atomic mass is 9.86. The number of hydrogen-bond acceptors (Lipinski definition) is 3. The maximum Gasteiger partial charge on any atom is 0.272 e. The molecule has 0 saturated heterocycles. The van der Waals surface area contributed by atoms with E-state index in [4.69, 9.17) is 0 Å². The van der Waals surface area contributed by atoms with Crippen molar-refractivity contribution in [2.45, 2.75) is 64.5 Å². The highest BCUT2D eigenvalue weighted by molar-refractivity contribution is 5.94. The largest absolute Gasteiger partial charge is 0.347 e. The van der Waals surface area contributed by atoms with E-state index in [9.17, 15) is 9.59 Å². The second-order valence-corrected chi connectivity index (χ2v) is 8.67. The molecule has 6 heteroatoms. The van der Waals surface area contributed by atoms with Crippen LogP contribution in [0.5, 0.6) is 0 Å². The molecule has 4 rings (SSSR count). The van der Waals surface area contributed by atoms with Gasteiger partial charge in [0, 0.05) is 50.8 Å². The lowest BCUT2D eigenvalue weighted by Crippen LogP contribution is -2.37. The van der Waals surface area contributed by atoms with Crippen LogP contribution in [0.2, 0.25) is 0 Å². The van der Waals surface area contributed by atoms with E-state index in [1.165, 1.54) is 32.1 Å². The van der Waals surface area contributed by atoms with E-state index in [0.717, 1.165) is 29.7 Å². The van der Waals surface area contributed by atoms with Gasteiger partial charge in [-0.15, -0.1) is 0 Å². The quantitative estimate of drug-likeness (QED) is 0.794. The van der Waals surface area contributed by atoms with E-state index in [2.05, 4.69) is 10.4 Å². The fourth-order valence-electron chi connectivity index (χ4n) is 4.81. The summed E-state index contributed by atoms with van der Waals surface area (Å²) >= 11 is 0. The highest BCUT2D eigenvalue weighted by Crippen LogP contribution is 2.28. The van der Waals surface area contributed by atoms with E-state index < -0.39 is 0 Å². The van der Waals surface area contributed by atoms with Crippen molar-refractivity contribution < 1.29 is 9.59 Å². The van der Waals surface area contributed by atoms with Gasteiger partial charge in [0.1, 0.15) is 0 Å². The predicted octanol–water partition coefficient (Wildman–Crippen LogP) is 3.60. The summed E-state index contributed by atoms with van der Waals surface area (Å²) in [6.07, 6.45) is 8.87. The zero-order valence-corrected chi connectivity index (χ0v) is 17.9. The first-order chi connectivity index (χ1) is 14.6. The van der Waals surface area contributed by atoms with Crippen molar-refractivity contribution in [3.8, 4) is 0 Å². The highest BCUT2D eigenvalue weighted by Gasteiger charge is 2.29. The van der Waals surface area contributed by atoms with Crippen LogP contribution in [0, 0.1) is 5.92 Å². The van der Waals surface area contributed by atoms with Crippen LogP contribution < -0.4 is 5.32 Å². The van der Waals surface area contributed by atoms with Gasteiger partial charge in [-0.1, -0.05) is 62.4 Å². The fourth-order valence-corrected chi connectivity index (χ4v) is 4.81. The standard InChI is InChI=1S/C24H32N4O2/c1-27-21-14-15-28(22(29)13-12-18-8-4-2-5-9-18)17-20(21)23(26-27)24(30)25-16-19-10-6-3-7-11-19/h3,6-7,10-11,18H,2,4-5,8-9,12-17H2,1H3,(H,25,30). The van der Waals surface area contributed by atoms with Gasteiger partial charge in [0.15, 0.2) is 5.69 Å². The Bertz CT molecular complexity index is 884. The van der Waals surface area contributed by atoms with Gasteiger partial charge in [0.25, 0.3) is 5.91 Å². The van der Waals surface area contributed by atoms with Crippen molar-refractivity contribution >= 4 is 11.8 Å². The number of rotatable bonds is 6. The zero-order chi connectivity index (χ0) is 20.9. The van der Waals surface area contributed by atoms with Crippen molar-refractivity contribution in [3.05, 3.63) is 52.8 Å². The Balaban J connectivity index is 1.38. The van der Waals surface area contributed by atoms with Crippen LogP contribution >= 0.6 is 0 Å². The summed E-state index contributed by atoms with van der Waals surface area (Å²) < 4.78 is 1.80. The van der Waals surface area contributed by atoms with Gasteiger partial charge in [-0.3, -0.25) is 14.3 Å². The van der Waals surface area contributed by atoms with Crippen LogP contribution in [0.4, 0.5) is 0 Å². The Morgan fingerprint density at radius 2 is 1.90 bits per heavy atom. The number of amides is 2. The minimum Gasteiger partial charge on any atom is -0.347 e. The highest BCUT2D eigenvalue weighted by atomic mass is 16.2. The van der Waals surface area contributed by atoms with E-state index in [-0.39, 0.29) is 11.8 Å². The molecule has 1 aromatic carbocycles. The Labute approximate surface area is 178 Å². The van der Waals surface area contributed by atoms with Gasteiger partial charge in [0.2, 0.25) is 5.91 Å². The SMILES string of the molecule is Cn1nc(C(=O)NCc2ccccc2)c2c1CCN(C(=O)CCC1CCCCC1)C2. The third-order valence-corrected chi connectivity index (χ3v) is 6.60. The molecular weight excluding hydrogens is 376 g/mol. The minimum atomic E-state index is -0.174. The fraction of sp³-hybridized carbons (Fsp3) is 0.542. The van der Waals surface area contributed by atoms with Crippen molar-refractivity contribution in [1.29, 1.82) is 0 Å². The van der Waals surface area contributed by atoms with Crippen LogP contribution in [-0.4, -0.2) is 33.0 Å². The summed E-state index contributed by atoms with van der Waals surface area (Å²) in [5, 5.41) is 7.46. The summed E-state index contributed by atoms with van der Waals surface area (Å²) in [6.45, 7) is 1.66. The van der Waals surface area contributed by atoms with Crippen molar-refractivity contribution in [2.75, 3.05) is 6.54 Å². The number of aromatic nitrogens is 2. The average molecular weight is 409 g/mol. The molecule has 2 aromatic rings. The smallest absolute Gasteiger partial charge is 0.272 e. The lowest BCUT2D eigenvalue weighted by Gasteiger charge is -2.29. The molecule has 1 N–H and O–H groups in total. The Morgan fingerprint density at radius 3 is 2.67 bits per heavy atom. The predicted molar refractivity (Wildman–Crippen MR) is 116 cm³/mol. The lowest BCUT2D eigenvalue weighted by molar-refractivity contribution is -0.132. The number of aryl methyl sites for hydroxylation is 1. The Hall–Kier alpha value is -2.63. The molecule has 0 unspecified atom stereocenters. The summed E-state index contributed by atoms with van der Waals surface area (Å²) in [6, 6.07) is 9.85. The zero-order valence-electron chi connectivity index (χ0n) is 17.9. The van der Waals surface area contributed by atoms with Gasteiger partial charge < -0.3 is 10.2 Å². The molecular formula is C24H32N4O2. The van der Waals surface area contributed by atoms with Gasteiger partial charge in [-0.25, -0.2) is 0 Å². The number of carbonyl (C=O) groups excluding carboxylic acids is 2. The topological polar surface area (TPSA) is 67.2 Å². The first-order valence-corrected chi connectivity index (χ1v) is 11.3. The molecule has 1 aliphatic carbocycles. The van der Waals surface area contributed by atoms with Crippen LogP contribution in [0.1, 0.15) is 72.3 Å². The maximum atomic E-state index is 12.8. The van der Waals surface area contributed by atoms with Gasteiger partial charge >= 0.3 is 0 Å². The number of fused-ring (bicyclic) bond motifs is 1. The molecule has 1 fully saturated rings. The first kappa shape index (κ1) is 20.6. The summed E-state index contributed by atoms with van der Waals surface area (Å²) in [5.41, 5.74) is 3.47. The monoisotopic (exact) mass is 408 g/mol. The third-order valence-electron chi connectivity index (χ3n) is 6.60. The molecule has 2 heterocycles. The molecule has 1 aromatic heterocycles. The molecule has 30 heavy (non-hydrogen) atoms. The molecule has 0 bridgehead atoms. The normalized spacial score (nSPS) is 16.9. The molecule has 1 saturated carbocycles. The first-order valence-electron chi connectivity index (χ1n) is 11.3. The average Bonchev–Trinajstić information content (AvgIpc) is 3.13. The molecule has 2 amide bonds. The van der Waals surface area contributed by atoms with Crippen LogP contribution in [0.15, 0.2) is 30.3 Å². The Morgan fingerprint density at radius 1 is 1.13 bits per heavy atom. The second-order valence-electron chi connectivity index (χ2n) is 8.67. The van der Waals surface area contributed by atoms with Crippen LogP contribution in [0.3, 0.4) is 0 Å². The molecule has 160 valence electrons. The van der Waals surface area contributed by atoms with Gasteiger partial charge in [-0.05, 0) is 17.9 Å². The summed E-state index contributed by atoms with van der Waals surface area (Å²) in [7, 11) is 1.88. The number of nitrogens with zero attached hydrogens (tertiary/aromatic N) is 3. The molecule has 2 aliphatic rings. The van der Waals surface area contributed by atoms with E-state index >= 15 is 0 Å². The minimum absolute atomic E-state index is 0.174. The summed E-state index contributed by atoms with van der Waals surface area (Å²) in [4.78, 5) is 27.6. The molecule has 0 radical (unpaired) electrons. The van der Waals surface area contributed by atoms with Crippen LogP contribution in [0.25, 0.3) is 0 Å². The van der Waals surface area contributed by atoms with Gasteiger partial charge in [0.05, 0.1) is 0 Å². The molecule has 6 nitrogen and oxygen atoms in total. The Kier molecular flexibility index (Phi) is 6.50. The molecule has 0 atom stereocenters. The molecule has 0 spiro atoms. The van der Waals surface area contributed by atoms with Crippen molar-refractivity contribution in [3.63, 3.8) is 0 Å². The van der Waals surface area contributed by atoms with E-state index in [1.807, 2.05) is 42.3 Å². The summed E-state index contributed by atoms with van der Waals surface area (Å²) in [5.74, 6) is 0.749. The molecule has 1 aliphatic heterocycles. The third kappa shape index (κ3) is 4.74. The second kappa shape index (κ2) is 9.45. The number of carbonyl (C=O) groups is 2. The van der Waals surface area contributed by atoms with E-state index in [0.29, 0.717) is 37.7 Å². The number of nitrogens with one attached hydrogen (secondary N) is 1.